The first-order valence-corrected chi connectivity index (χ1v) is 7.02. The quantitative estimate of drug-likeness (QED) is 0.822. The molecule has 1 aromatic carbocycles. The van der Waals surface area contributed by atoms with Crippen molar-refractivity contribution in [3.8, 4) is 0 Å². The van der Waals surface area contributed by atoms with Gasteiger partial charge >= 0.3 is 0 Å². The van der Waals surface area contributed by atoms with Crippen LogP contribution in [0.25, 0.3) is 0 Å². The van der Waals surface area contributed by atoms with Crippen LogP contribution in [0.2, 0.25) is 0 Å². The van der Waals surface area contributed by atoms with Gasteiger partial charge in [-0.3, -0.25) is 0 Å². The molecule has 1 saturated carbocycles. The number of rotatable bonds is 1. The van der Waals surface area contributed by atoms with E-state index in [1.54, 1.807) is 6.07 Å². The first-order chi connectivity index (χ1) is 8.75. The molecule has 1 N–H and O–H groups in total. The summed E-state index contributed by atoms with van der Waals surface area (Å²) in [5.41, 5.74) is 1.78. The summed E-state index contributed by atoms with van der Waals surface area (Å²) in [7, 11) is 0. The smallest absolute Gasteiger partial charge is 0.146 e. The van der Waals surface area contributed by atoms with Crippen LogP contribution < -0.4 is 10.2 Å². The third-order valence-electron chi connectivity index (χ3n) is 4.30. The van der Waals surface area contributed by atoms with E-state index in [0.29, 0.717) is 12.1 Å². The first-order valence-electron chi connectivity index (χ1n) is 7.02. The fourth-order valence-electron chi connectivity index (χ4n) is 3.40. The number of fused-ring (bicyclic) bond motifs is 1. The Bertz CT molecular complexity index is 431. The van der Waals surface area contributed by atoms with Crippen LogP contribution in [-0.4, -0.2) is 25.2 Å². The Morgan fingerprint density at radius 2 is 2.11 bits per heavy atom. The van der Waals surface area contributed by atoms with Gasteiger partial charge < -0.3 is 10.2 Å². The van der Waals surface area contributed by atoms with Crippen LogP contribution in [0.4, 0.5) is 10.1 Å². The molecule has 1 aliphatic carbocycles. The maximum absolute atomic E-state index is 14.1. The number of nitrogens with zero attached hydrogens (tertiary/aromatic N) is 1. The molecule has 1 heterocycles. The van der Waals surface area contributed by atoms with Gasteiger partial charge in [0, 0.05) is 25.2 Å². The SMILES string of the molecule is Cc1ccc(N2CCN[C@H]3CCCC[C@H]32)c(F)c1. The van der Waals surface area contributed by atoms with Gasteiger partial charge in [0.25, 0.3) is 0 Å². The molecule has 0 spiro atoms. The first kappa shape index (κ1) is 12.0. The van der Waals surface area contributed by atoms with E-state index in [4.69, 9.17) is 0 Å². The van der Waals surface area contributed by atoms with Gasteiger partial charge in [-0.1, -0.05) is 18.9 Å². The van der Waals surface area contributed by atoms with Gasteiger partial charge in [-0.15, -0.1) is 0 Å². The monoisotopic (exact) mass is 248 g/mol. The highest BCUT2D eigenvalue weighted by Gasteiger charge is 2.33. The average molecular weight is 248 g/mol. The Hall–Kier alpha value is -1.09. The van der Waals surface area contributed by atoms with Gasteiger partial charge in [-0.25, -0.2) is 4.39 Å². The lowest BCUT2D eigenvalue weighted by atomic mass is 9.87. The molecule has 2 atom stereocenters. The molecule has 0 radical (unpaired) electrons. The van der Waals surface area contributed by atoms with Crippen LogP contribution in [-0.2, 0) is 0 Å². The van der Waals surface area contributed by atoms with E-state index in [2.05, 4.69) is 10.2 Å². The molecule has 1 saturated heterocycles. The zero-order valence-electron chi connectivity index (χ0n) is 11.0. The highest BCUT2D eigenvalue weighted by atomic mass is 19.1. The summed E-state index contributed by atoms with van der Waals surface area (Å²) in [6.45, 7) is 3.82. The summed E-state index contributed by atoms with van der Waals surface area (Å²) in [6, 6.07) is 6.63. The highest BCUT2D eigenvalue weighted by Crippen LogP contribution is 2.31. The number of benzene rings is 1. The summed E-state index contributed by atoms with van der Waals surface area (Å²) in [5.74, 6) is -0.0683. The lowest BCUT2D eigenvalue weighted by molar-refractivity contribution is 0.282. The number of anilines is 1. The normalized spacial score (nSPS) is 28.0. The molecule has 3 heteroatoms. The van der Waals surface area contributed by atoms with E-state index < -0.39 is 0 Å². The van der Waals surface area contributed by atoms with E-state index in [-0.39, 0.29) is 5.82 Å². The average Bonchev–Trinajstić information content (AvgIpc) is 2.38. The van der Waals surface area contributed by atoms with Crippen molar-refractivity contribution in [1.82, 2.24) is 5.32 Å². The summed E-state index contributed by atoms with van der Waals surface area (Å²) in [6.07, 6.45) is 4.99. The maximum atomic E-state index is 14.1. The molecule has 0 aromatic heterocycles. The Morgan fingerprint density at radius 1 is 1.28 bits per heavy atom. The second kappa shape index (κ2) is 4.88. The highest BCUT2D eigenvalue weighted by molar-refractivity contribution is 5.51. The second-order valence-corrected chi connectivity index (χ2v) is 5.56. The second-order valence-electron chi connectivity index (χ2n) is 5.56. The number of piperazine rings is 1. The molecule has 2 nitrogen and oxygen atoms in total. The maximum Gasteiger partial charge on any atom is 0.146 e. The van der Waals surface area contributed by atoms with E-state index in [9.17, 15) is 4.39 Å². The fraction of sp³-hybridized carbons (Fsp3) is 0.600. The Kier molecular flexibility index (Phi) is 3.25. The zero-order valence-corrected chi connectivity index (χ0v) is 11.0. The van der Waals surface area contributed by atoms with Crippen LogP contribution >= 0.6 is 0 Å². The van der Waals surface area contributed by atoms with Crippen molar-refractivity contribution >= 4 is 5.69 Å². The molecule has 2 fully saturated rings. The predicted octanol–water partition coefficient (Wildman–Crippen LogP) is 2.85. The van der Waals surface area contributed by atoms with Gasteiger partial charge in [0.05, 0.1) is 5.69 Å². The van der Waals surface area contributed by atoms with E-state index in [0.717, 1.165) is 24.3 Å². The fourth-order valence-corrected chi connectivity index (χ4v) is 3.40. The zero-order chi connectivity index (χ0) is 12.5. The number of aryl methyl sites for hydroxylation is 1. The van der Waals surface area contributed by atoms with Crippen LogP contribution in [0.3, 0.4) is 0 Å². The van der Waals surface area contributed by atoms with Crippen molar-refractivity contribution in [3.05, 3.63) is 29.6 Å². The lowest BCUT2D eigenvalue weighted by Crippen LogP contribution is -2.59. The van der Waals surface area contributed by atoms with Gasteiger partial charge in [0.2, 0.25) is 0 Å². The van der Waals surface area contributed by atoms with Crippen LogP contribution in [0.5, 0.6) is 0 Å². The van der Waals surface area contributed by atoms with Gasteiger partial charge in [-0.05, 0) is 37.5 Å². The van der Waals surface area contributed by atoms with Gasteiger partial charge in [0.15, 0.2) is 0 Å². The minimum atomic E-state index is -0.0683. The molecule has 0 bridgehead atoms. The summed E-state index contributed by atoms with van der Waals surface area (Å²) in [5, 5.41) is 3.59. The third-order valence-corrected chi connectivity index (χ3v) is 4.30. The summed E-state index contributed by atoms with van der Waals surface area (Å²) in [4.78, 5) is 2.29. The molecular weight excluding hydrogens is 227 g/mol. The van der Waals surface area contributed by atoms with E-state index >= 15 is 0 Å². The van der Waals surface area contributed by atoms with Crippen molar-refractivity contribution in [2.75, 3.05) is 18.0 Å². The molecule has 2 aliphatic rings. The summed E-state index contributed by atoms with van der Waals surface area (Å²) >= 11 is 0. The largest absolute Gasteiger partial charge is 0.363 e. The minimum absolute atomic E-state index is 0.0683. The van der Waals surface area contributed by atoms with Crippen molar-refractivity contribution in [1.29, 1.82) is 0 Å². The predicted molar refractivity (Wildman–Crippen MR) is 72.5 cm³/mol. The number of halogens is 1. The minimum Gasteiger partial charge on any atom is -0.363 e. The number of hydrogen-bond donors (Lipinski definition) is 1. The Labute approximate surface area is 108 Å². The molecule has 1 aliphatic heterocycles. The lowest BCUT2D eigenvalue weighted by Gasteiger charge is -2.46. The van der Waals surface area contributed by atoms with Gasteiger partial charge in [0.1, 0.15) is 5.82 Å². The van der Waals surface area contributed by atoms with Crippen LogP contribution in [0.15, 0.2) is 18.2 Å². The molecule has 3 rings (SSSR count). The molecule has 0 amide bonds. The van der Waals surface area contributed by atoms with Gasteiger partial charge in [-0.2, -0.15) is 0 Å². The number of nitrogens with one attached hydrogen (secondary N) is 1. The van der Waals surface area contributed by atoms with Crippen LogP contribution in [0.1, 0.15) is 31.2 Å². The third kappa shape index (κ3) is 2.12. The molecule has 0 unspecified atom stereocenters. The molecule has 98 valence electrons. The summed E-state index contributed by atoms with van der Waals surface area (Å²) < 4.78 is 14.1. The van der Waals surface area contributed by atoms with Crippen molar-refractivity contribution in [2.45, 2.75) is 44.7 Å². The standard InChI is InChI=1S/C15H21FN2/c1-11-6-7-14(12(16)10-11)18-9-8-17-13-4-2-3-5-15(13)18/h6-7,10,13,15,17H,2-5,8-9H2,1H3/t13-,15+/m0/s1. The molecule has 1 aromatic rings. The van der Waals surface area contributed by atoms with E-state index in [1.165, 1.54) is 25.7 Å². The van der Waals surface area contributed by atoms with Crippen molar-refractivity contribution in [3.63, 3.8) is 0 Å². The van der Waals surface area contributed by atoms with E-state index in [1.807, 2.05) is 19.1 Å². The van der Waals surface area contributed by atoms with Crippen molar-refractivity contribution < 1.29 is 4.39 Å². The molecule has 18 heavy (non-hydrogen) atoms. The Balaban J connectivity index is 1.89. The topological polar surface area (TPSA) is 15.3 Å². The van der Waals surface area contributed by atoms with Crippen molar-refractivity contribution in [2.24, 2.45) is 0 Å². The molecular formula is C15H21FN2. The Morgan fingerprint density at radius 3 is 2.94 bits per heavy atom. The van der Waals surface area contributed by atoms with Crippen LogP contribution in [0, 0.1) is 12.7 Å². The number of hydrogen-bond acceptors (Lipinski definition) is 2.